The molecule has 0 unspecified atom stereocenters. The van der Waals surface area contributed by atoms with E-state index >= 15 is 0 Å². The van der Waals surface area contributed by atoms with Crippen LogP contribution in [0.4, 0.5) is 10.1 Å². The zero-order valence-corrected chi connectivity index (χ0v) is 15.2. The molecule has 2 aromatic carbocycles. The number of hydrogen-bond donors (Lipinski definition) is 3. The number of amidine groups is 1. The first kappa shape index (κ1) is 18.3. The van der Waals surface area contributed by atoms with Crippen LogP contribution in [0.2, 0.25) is 0 Å². The predicted octanol–water partition coefficient (Wildman–Crippen LogP) is 0.178. The summed E-state index contributed by atoms with van der Waals surface area (Å²) in [5, 5.41) is 0. The van der Waals surface area contributed by atoms with Gasteiger partial charge in [-0.2, -0.15) is 13.1 Å². The molecule has 1 aliphatic heterocycles. The molecule has 10 heteroatoms. The largest absolute Gasteiger partial charge is 0.328 e. The van der Waals surface area contributed by atoms with Crippen molar-refractivity contribution in [1.82, 2.24) is 4.72 Å². The van der Waals surface area contributed by atoms with Crippen molar-refractivity contribution in [3.8, 4) is 0 Å². The molecule has 3 rings (SSSR count). The van der Waals surface area contributed by atoms with E-state index in [9.17, 15) is 21.2 Å². The Morgan fingerprint density at radius 3 is 2.23 bits per heavy atom. The van der Waals surface area contributed by atoms with Gasteiger partial charge in [0.15, 0.2) is 0 Å². The smallest absolute Gasteiger partial charge is 0.280 e. The minimum absolute atomic E-state index is 0.0713. The molecule has 0 saturated carbocycles. The fourth-order valence-electron chi connectivity index (χ4n) is 2.46. The fourth-order valence-corrected chi connectivity index (χ4v) is 4.66. The molecule has 1 heterocycles. The van der Waals surface area contributed by atoms with E-state index in [4.69, 9.17) is 0 Å². The quantitative estimate of drug-likeness (QED) is 0.668. The van der Waals surface area contributed by atoms with Crippen molar-refractivity contribution in [1.29, 1.82) is 0 Å². The Morgan fingerprint density at radius 1 is 0.885 bits per heavy atom. The minimum atomic E-state index is -3.96. The highest BCUT2D eigenvalue weighted by atomic mass is 32.2. The van der Waals surface area contributed by atoms with Crippen molar-refractivity contribution >= 4 is 31.6 Å². The third kappa shape index (κ3) is 4.20. The first-order valence-corrected chi connectivity index (χ1v) is 10.7. The molecule has 0 aliphatic carbocycles. The van der Waals surface area contributed by atoms with Crippen LogP contribution in [0.3, 0.4) is 0 Å². The van der Waals surface area contributed by atoms with Gasteiger partial charge in [0.05, 0.1) is 23.5 Å². The second kappa shape index (κ2) is 7.04. The zero-order valence-electron chi connectivity index (χ0n) is 13.6. The molecule has 138 valence electrons. The molecule has 0 spiro atoms. The number of benzene rings is 2. The average Bonchev–Trinajstić information content (AvgIpc) is 3.07. The number of sulfonamides is 2. The molecule has 0 fully saturated rings. The second-order valence-corrected chi connectivity index (χ2v) is 9.07. The van der Waals surface area contributed by atoms with E-state index in [1.54, 1.807) is 0 Å². The molecule has 0 atom stereocenters. The summed E-state index contributed by atoms with van der Waals surface area (Å²) in [4.78, 5) is 2.75. The number of anilines is 1. The van der Waals surface area contributed by atoms with Crippen molar-refractivity contribution in [3.05, 3.63) is 54.3 Å². The normalized spacial score (nSPS) is 14.7. The van der Waals surface area contributed by atoms with Crippen LogP contribution in [0.1, 0.15) is 12.8 Å². The SMILES string of the molecule is O=S(=O)(NC1=[NH+]CCC1)c1cccc(NS(=O)(=O)c2ccc(F)cc2)c1. The summed E-state index contributed by atoms with van der Waals surface area (Å²) < 4.78 is 67.2. The predicted molar refractivity (Wildman–Crippen MR) is 94.0 cm³/mol. The molecule has 0 bridgehead atoms. The molecule has 3 N–H and O–H groups in total. The van der Waals surface area contributed by atoms with Crippen LogP contribution in [0.25, 0.3) is 0 Å². The van der Waals surface area contributed by atoms with Crippen molar-refractivity contribution in [3.63, 3.8) is 0 Å². The monoisotopic (exact) mass is 398 g/mol. The summed E-state index contributed by atoms with van der Waals surface area (Å²) in [5.74, 6) is -0.0385. The summed E-state index contributed by atoms with van der Waals surface area (Å²) in [6.45, 7) is 0.704. The van der Waals surface area contributed by atoms with Crippen LogP contribution in [0.5, 0.6) is 0 Å². The number of halogens is 1. The van der Waals surface area contributed by atoms with E-state index in [-0.39, 0.29) is 15.5 Å². The van der Waals surface area contributed by atoms with Crippen LogP contribution < -0.4 is 14.4 Å². The Bertz CT molecular complexity index is 1050. The van der Waals surface area contributed by atoms with Crippen LogP contribution in [-0.2, 0) is 20.0 Å². The summed E-state index contributed by atoms with van der Waals surface area (Å²) in [5.41, 5.74) is 0.0848. The van der Waals surface area contributed by atoms with Gasteiger partial charge in [-0.15, -0.1) is 0 Å². The van der Waals surface area contributed by atoms with Gasteiger partial charge in [0.25, 0.3) is 15.9 Å². The molecule has 0 aromatic heterocycles. The average molecular weight is 398 g/mol. The molecule has 7 nitrogen and oxygen atoms in total. The lowest BCUT2D eigenvalue weighted by Gasteiger charge is -2.09. The molecular weight excluding hydrogens is 381 g/mol. The highest BCUT2D eigenvalue weighted by Crippen LogP contribution is 2.20. The first-order chi connectivity index (χ1) is 12.3. The first-order valence-electron chi connectivity index (χ1n) is 7.77. The summed E-state index contributed by atoms with van der Waals surface area (Å²) in [6, 6.07) is 9.78. The summed E-state index contributed by atoms with van der Waals surface area (Å²) in [6.07, 6.45) is 1.45. The second-order valence-electron chi connectivity index (χ2n) is 5.70. The van der Waals surface area contributed by atoms with Gasteiger partial charge >= 0.3 is 10.0 Å². The Hall–Kier alpha value is -2.46. The number of nitrogens with one attached hydrogen (secondary N) is 3. The van der Waals surface area contributed by atoms with Crippen molar-refractivity contribution in [2.75, 3.05) is 11.3 Å². The molecule has 1 aliphatic rings. The Balaban J connectivity index is 1.84. The van der Waals surface area contributed by atoms with Gasteiger partial charge in [0, 0.05) is 0 Å². The van der Waals surface area contributed by atoms with E-state index in [1.807, 2.05) is 0 Å². The lowest BCUT2D eigenvalue weighted by molar-refractivity contribution is -0.448. The summed E-state index contributed by atoms with van der Waals surface area (Å²) in [7, 11) is -7.79. The van der Waals surface area contributed by atoms with Gasteiger partial charge in [-0.25, -0.2) is 12.8 Å². The zero-order chi connectivity index (χ0) is 18.8. The van der Waals surface area contributed by atoms with Gasteiger partial charge in [-0.1, -0.05) is 6.07 Å². The van der Waals surface area contributed by atoms with Crippen molar-refractivity contribution in [2.45, 2.75) is 22.6 Å². The highest BCUT2D eigenvalue weighted by molar-refractivity contribution is 7.92. The van der Waals surface area contributed by atoms with E-state index in [0.29, 0.717) is 18.8 Å². The van der Waals surface area contributed by atoms with Crippen molar-refractivity contribution in [2.24, 2.45) is 0 Å². The van der Waals surface area contributed by atoms with E-state index in [1.165, 1.54) is 24.3 Å². The van der Waals surface area contributed by atoms with Gasteiger partial charge < -0.3 is 0 Å². The highest BCUT2D eigenvalue weighted by Gasteiger charge is 2.25. The number of hydrogen-bond acceptors (Lipinski definition) is 4. The van der Waals surface area contributed by atoms with E-state index in [0.717, 1.165) is 30.7 Å². The maximum atomic E-state index is 13.0. The maximum Gasteiger partial charge on any atom is 0.328 e. The van der Waals surface area contributed by atoms with Crippen molar-refractivity contribution < 1.29 is 26.2 Å². The molecular formula is C16H17FN3O4S2+. The van der Waals surface area contributed by atoms with Gasteiger partial charge in [-0.05, 0) is 48.9 Å². The Labute approximate surface area is 151 Å². The third-order valence-electron chi connectivity index (χ3n) is 3.72. The van der Waals surface area contributed by atoms with Crippen LogP contribution in [0, 0.1) is 5.82 Å². The maximum absolute atomic E-state index is 13.0. The Kier molecular flexibility index (Phi) is 4.97. The lowest BCUT2D eigenvalue weighted by atomic mass is 10.3. The van der Waals surface area contributed by atoms with Gasteiger partial charge in [0.2, 0.25) is 0 Å². The lowest BCUT2D eigenvalue weighted by Crippen LogP contribution is -2.72. The molecule has 26 heavy (non-hydrogen) atoms. The fraction of sp³-hybridized carbons (Fsp3) is 0.188. The van der Waals surface area contributed by atoms with E-state index < -0.39 is 25.9 Å². The van der Waals surface area contributed by atoms with E-state index in [2.05, 4.69) is 14.4 Å². The molecule has 2 aromatic rings. The molecule has 0 saturated heterocycles. The van der Waals surface area contributed by atoms with Gasteiger partial charge in [-0.3, -0.25) is 9.71 Å². The number of rotatable bonds is 5. The standard InChI is InChI=1S/C16H16FN3O4S2/c17-12-6-8-14(9-7-12)25(21,22)19-13-3-1-4-15(11-13)26(23,24)20-16-5-2-10-18-16/h1,3-4,6-9,11,19H,2,5,10H2,(H,18,20)/p+1. The van der Waals surface area contributed by atoms with Gasteiger partial charge in [0.1, 0.15) is 10.7 Å². The van der Waals surface area contributed by atoms with Crippen LogP contribution in [-0.4, -0.2) is 29.2 Å². The Morgan fingerprint density at radius 2 is 1.58 bits per heavy atom. The molecule has 0 amide bonds. The minimum Gasteiger partial charge on any atom is -0.280 e. The van der Waals surface area contributed by atoms with Crippen LogP contribution in [0.15, 0.2) is 58.3 Å². The molecule has 0 radical (unpaired) electrons. The topological polar surface area (TPSA) is 106 Å². The third-order valence-corrected chi connectivity index (χ3v) is 6.51. The van der Waals surface area contributed by atoms with Crippen LogP contribution >= 0.6 is 0 Å². The summed E-state index contributed by atoms with van der Waals surface area (Å²) >= 11 is 0.